The Morgan fingerprint density at radius 3 is 2.45 bits per heavy atom. The van der Waals surface area contributed by atoms with Gasteiger partial charge in [0.1, 0.15) is 11.5 Å². The van der Waals surface area contributed by atoms with Crippen LogP contribution in [0.5, 0.6) is 11.5 Å². The molecule has 0 spiro atoms. The Morgan fingerprint density at radius 2 is 1.80 bits per heavy atom. The minimum atomic E-state index is -0.989. The highest BCUT2D eigenvalue weighted by atomic mass is 16.5. The molecule has 0 aliphatic rings. The third-order valence-corrected chi connectivity index (χ3v) is 2.86. The molecule has 0 bridgehead atoms. The second kappa shape index (κ2) is 6.61. The highest BCUT2D eigenvalue weighted by Gasteiger charge is 2.20. The molecule has 0 radical (unpaired) electrons. The van der Waals surface area contributed by atoms with Gasteiger partial charge < -0.3 is 14.6 Å². The molecule has 1 atom stereocenters. The van der Waals surface area contributed by atoms with Crippen molar-refractivity contribution in [3.8, 4) is 11.5 Å². The summed E-state index contributed by atoms with van der Waals surface area (Å²) >= 11 is 0. The van der Waals surface area contributed by atoms with Crippen molar-refractivity contribution in [2.75, 3.05) is 7.11 Å². The number of carbonyl (C=O) groups is 1. The average Bonchev–Trinajstić information content (AvgIpc) is 2.48. The van der Waals surface area contributed by atoms with Gasteiger partial charge in [-0.1, -0.05) is 36.4 Å². The average molecular weight is 272 g/mol. The van der Waals surface area contributed by atoms with E-state index in [4.69, 9.17) is 9.47 Å². The predicted molar refractivity (Wildman–Crippen MR) is 75.2 cm³/mol. The number of ether oxygens (including phenoxy) is 2. The fourth-order valence-electron chi connectivity index (χ4n) is 1.85. The molecule has 0 unspecified atom stereocenters. The lowest BCUT2D eigenvalue weighted by Gasteiger charge is -2.15. The maximum atomic E-state index is 11.3. The van der Waals surface area contributed by atoms with E-state index >= 15 is 0 Å². The number of hydrogen-bond acceptors (Lipinski definition) is 3. The van der Waals surface area contributed by atoms with E-state index in [9.17, 15) is 9.90 Å². The SMILES string of the molecule is COc1cccc(O[C@H](Cc2ccccc2)C(=O)O)c1. The lowest BCUT2D eigenvalue weighted by atomic mass is 10.1. The summed E-state index contributed by atoms with van der Waals surface area (Å²) in [5.74, 6) is 0.121. The van der Waals surface area contributed by atoms with Crippen LogP contribution in [0.15, 0.2) is 54.6 Å². The first-order valence-corrected chi connectivity index (χ1v) is 6.26. The molecule has 2 aromatic carbocycles. The monoisotopic (exact) mass is 272 g/mol. The standard InChI is InChI=1S/C16H16O4/c1-19-13-8-5-9-14(11-13)20-15(16(17)18)10-12-6-3-2-4-7-12/h2-9,11,15H,10H2,1H3,(H,17,18)/t15-/m1/s1. The Hall–Kier alpha value is -2.49. The molecule has 0 aromatic heterocycles. The summed E-state index contributed by atoms with van der Waals surface area (Å²) < 4.78 is 10.6. The summed E-state index contributed by atoms with van der Waals surface area (Å²) in [5, 5.41) is 9.27. The normalized spacial score (nSPS) is 11.7. The fourth-order valence-corrected chi connectivity index (χ4v) is 1.85. The van der Waals surface area contributed by atoms with Gasteiger partial charge >= 0.3 is 5.97 Å². The van der Waals surface area contributed by atoms with Crippen LogP contribution in [0.1, 0.15) is 5.56 Å². The van der Waals surface area contributed by atoms with Gasteiger partial charge in [0.25, 0.3) is 0 Å². The van der Waals surface area contributed by atoms with E-state index in [-0.39, 0.29) is 0 Å². The van der Waals surface area contributed by atoms with E-state index in [0.717, 1.165) is 5.56 Å². The van der Waals surface area contributed by atoms with Gasteiger partial charge in [-0.25, -0.2) is 4.79 Å². The van der Waals surface area contributed by atoms with E-state index in [1.165, 1.54) is 0 Å². The molecule has 0 aliphatic heterocycles. The van der Waals surface area contributed by atoms with Gasteiger partial charge in [0.15, 0.2) is 6.10 Å². The predicted octanol–water partition coefficient (Wildman–Crippen LogP) is 2.77. The Balaban J connectivity index is 2.11. The number of benzene rings is 2. The van der Waals surface area contributed by atoms with Crippen LogP contribution in [0.2, 0.25) is 0 Å². The quantitative estimate of drug-likeness (QED) is 0.878. The summed E-state index contributed by atoms with van der Waals surface area (Å²) in [6, 6.07) is 16.3. The highest BCUT2D eigenvalue weighted by Crippen LogP contribution is 2.21. The minimum absolute atomic E-state index is 0.313. The number of hydrogen-bond donors (Lipinski definition) is 1. The van der Waals surface area contributed by atoms with E-state index < -0.39 is 12.1 Å². The molecule has 4 nitrogen and oxygen atoms in total. The number of carboxylic acid groups (broad SMARTS) is 1. The number of carboxylic acids is 1. The van der Waals surface area contributed by atoms with Crippen LogP contribution in [0.4, 0.5) is 0 Å². The van der Waals surface area contributed by atoms with Crippen LogP contribution in [0.3, 0.4) is 0 Å². The Morgan fingerprint density at radius 1 is 1.10 bits per heavy atom. The highest BCUT2D eigenvalue weighted by molar-refractivity contribution is 5.73. The second-order valence-corrected chi connectivity index (χ2v) is 4.31. The Bertz CT molecular complexity index is 566. The number of aliphatic carboxylic acids is 1. The van der Waals surface area contributed by atoms with Crippen LogP contribution in [0, 0.1) is 0 Å². The molecule has 2 rings (SSSR count). The minimum Gasteiger partial charge on any atom is -0.497 e. The molecule has 2 aromatic rings. The zero-order chi connectivity index (χ0) is 14.4. The first-order valence-electron chi connectivity index (χ1n) is 6.26. The molecule has 104 valence electrons. The molecule has 1 N–H and O–H groups in total. The largest absolute Gasteiger partial charge is 0.497 e. The van der Waals surface area contributed by atoms with Crippen molar-refractivity contribution in [1.82, 2.24) is 0 Å². The lowest BCUT2D eigenvalue weighted by molar-refractivity contribution is -0.145. The summed E-state index contributed by atoms with van der Waals surface area (Å²) in [6.45, 7) is 0. The number of methoxy groups -OCH3 is 1. The van der Waals surface area contributed by atoms with E-state index in [1.54, 1.807) is 31.4 Å². The zero-order valence-electron chi connectivity index (χ0n) is 11.2. The molecule has 0 amide bonds. The van der Waals surface area contributed by atoms with Gasteiger partial charge in [-0.3, -0.25) is 0 Å². The van der Waals surface area contributed by atoms with Gasteiger partial charge in [0.05, 0.1) is 7.11 Å². The van der Waals surface area contributed by atoms with Crippen LogP contribution >= 0.6 is 0 Å². The molecule has 0 aliphatic carbocycles. The molecule has 0 heterocycles. The summed E-state index contributed by atoms with van der Waals surface area (Å²) in [7, 11) is 1.55. The molecule has 0 saturated heterocycles. The third-order valence-electron chi connectivity index (χ3n) is 2.86. The first-order chi connectivity index (χ1) is 9.69. The van der Waals surface area contributed by atoms with Crippen molar-refractivity contribution < 1.29 is 19.4 Å². The van der Waals surface area contributed by atoms with Crippen molar-refractivity contribution in [2.45, 2.75) is 12.5 Å². The van der Waals surface area contributed by atoms with E-state index in [2.05, 4.69) is 0 Å². The molecular formula is C16H16O4. The van der Waals surface area contributed by atoms with Gasteiger partial charge in [0.2, 0.25) is 0 Å². The molecule has 0 fully saturated rings. The van der Waals surface area contributed by atoms with Crippen molar-refractivity contribution in [3.63, 3.8) is 0 Å². The van der Waals surface area contributed by atoms with Crippen LogP contribution < -0.4 is 9.47 Å². The van der Waals surface area contributed by atoms with Crippen LogP contribution in [0.25, 0.3) is 0 Å². The first kappa shape index (κ1) is 13.9. The van der Waals surface area contributed by atoms with Crippen molar-refractivity contribution in [2.24, 2.45) is 0 Å². The third kappa shape index (κ3) is 3.75. The smallest absolute Gasteiger partial charge is 0.345 e. The van der Waals surface area contributed by atoms with Crippen LogP contribution in [-0.2, 0) is 11.2 Å². The van der Waals surface area contributed by atoms with Gasteiger partial charge in [-0.15, -0.1) is 0 Å². The summed E-state index contributed by atoms with van der Waals surface area (Å²) in [4.78, 5) is 11.3. The van der Waals surface area contributed by atoms with Gasteiger partial charge in [-0.2, -0.15) is 0 Å². The van der Waals surface area contributed by atoms with Gasteiger partial charge in [0, 0.05) is 12.5 Å². The maximum absolute atomic E-state index is 11.3. The summed E-state index contributed by atoms with van der Waals surface area (Å²) in [5.41, 5.74) is 0.919. The van der Waals surface area contributed by atoms with Crippen molar-refractivity contribution in [3.05, 3.63) is 60.2 Å². The molecule has 20 heavy (non-hydrogen) atoms. The fraction of sp³-hybridized carbons (Fsp3) is 0.188. The zero-order valence-corrected chi connectivity index (χ0v) is 11.2. The Labute approximate surface area is 117 Å². The van der Waals surface area contributed by atoms with Crippen LogP contribution in [-0.4, -0.2) is 24.3 Å². The second-order valence-electron chi connectivity index (χ2n) is 4.31. The van der Waals surface area contributed by atoms with Gasteiger partial charge in [-0.05, 0) is 17.7 Å². The molecular weight excluding hydrogens is 256 g/mol. The topological polar surface area (TPSA) is 55.8 Å². The Kier molecular flexibility index (Phi) is 4.60. The lowest BCUT2D eigenvalue weighted by Crippen LogP contribution is -2.29. The molecule has 0 saturated carbocycles. The van der Waals surface area contributed by atoms with Crippen molar-refractivity contribution in [1.29, 1.82) is 0 Å². The summed E-state index contributed by atoms with van der Waals surface area (Å²) in [6.07, 6.45) is -0.614. The number of rotatable bonds is 6. The van der Waals surface area contributed by atoms with E-state index in [0.29, 0.717) is 17.9 Å². The van der Waals surface area contributed by atoms with E-state index in [1.807, 2.05) is 30.3 Å². The maximum Gasteiger partial charge on any atom is 0.345 e. The molecule has 4 heteroatoms. The van der Waals surface area contributed by atoms with Crippen molar-refractivity contribution >= 4 is 5.97 Å².